The number of carbonyl (C=O) groups excluding carboxylic acids is 2. The van der Waals surface area contributed by atoms with Crippen LogP contribution < -0.4 is 5.32 Å². The smallest absolute Gasteiger partial charge is 0.328 e. The maximum atomic E-state index is 12.2. The SMILES string of the molecule is C[C@H](NC(=O)c1ccc(Cl)cc1)C(=O)OCc1cccc2ccccc12. The maximum absolute atomic E-state index is 12.2. The molecule has 4 nitrogen and oxygen atoms in total. The lowest BCUT2D eigenvalue weighted by Crippen LogP contribution is -2.39. The van der Waals surface area contributed by atoms with Gasteiger partial charge in [-0.05, 0) is 47.5 Å². The molecule has 132 valence electrons. The number of nitrogens with one attached hydrogen (secondary N) is 1. The Hall–Kier alpha value is -2.85. The van der Waals surface area contributed by atoms with Crippen molar-refractivity contribution in [1.82, 2.24) is 5.32 Å². The molecule has 0 heterocycles. The highest BCUT2D eigenvalue weighted by atomic mass is 35.5. The van der Waals surface area contributed by atoms with Crippen molar-refractivity contribution >= 4 is 34.2 Å². The Morgan fingerprint density at radius 2 is 1.69 bits per heavy atom. The number of hydrogen-bond donors (Lipinski definition) is 1. The van der Waals surface area contributed by atoms with Gasteiger partial charge in [0.15, 0.2) is 0 Å². The number of ether oxygens (including phenoxy) is 1. The summed E-state index contributed by atoms with van der Waals surface area (Å²) in [6.45, 7) is 1.75. The van der Waals surface area contributed by atoms with E-state index in [-0.39, 0.29) is 12.5 Å². The molecule has 0 saturated carbocycles. The number of rotatable bonds is 5. The van der Waals surface area contributed by atoms with Crippen molar-refractivity contribution < 1.29 is 14.3 Å². The van der Waals surface area contributed by atoms with Gasteiger partial charge in [0.25, 0.3) is 5.91 Å². The molecular formula is C21H18ClNO3. The van der Waals surface area contributed by atoms with Gasteiger partial charge in [-0.3, -0.25) is 4.79 Å². The molecule has 0 fully saturated rings. The minimum absolute atomic E-state index is 0.154. The summed E-state index contributed by atoms with van der Waals surface area (Å²) in [5.41, 5.74) is 1.36. The summed E-state index contributed by atoms with van der Waals surface area (Å²) >= 11 is 5.81. The number of esters is 1. The van der Waals surface area contributed by atoms with E-state index in [2.05, 4.69) is 5.32 Å². The summed E-state index contributed by atoms with van der Waals surface area (Å²) in [7, 11) is 0. The number of fused-ring (bicyclic) bond motifs is 1. The van der Waals surface area contributed by atoms with Crippen molar-refractivity contribution in [3.63, 3.8) is 0 Å². The summed E-state index contributed by atoms with van der Waals surface area (Å²) in [5, 5.41) is 5.31. The second-order valence-electron chi connectivity index (χ2n) is 5.95. The van der Waals surface area contributed by atoms with E-state index < -0.39 is 12.0 Å². The molecule has 0 bridgehead atoms. The van der Waals surface area contributed by atoms with Gasteiger partial charge in [0, 0.05) is 10.6 Å². The zero-order valence-corrected chi connectivity index (χ0v) is 15.0. The molecule has 0 aromatic heterocycles. The highest BCUT2D eigenvalue weighted by Crippen LogP contribution is 2.19. The Kier molecular flexibility index (Phi) is 5.54. The van der Waals surface area contributed by atoms with Gasteiger partial charge in [-0.25, -0.2) is 4.79 Å². The van der Waals surface area contributed by atoms with Gasteiger partial charge in [0.2, 0.25) is 0 Å². The zero-order valence-electron chi connectivity index (χ0n) is 14.2. The van der Waals surface area contributed by atoms with E-state index in [9.17, 15) is 9.59 Å². The molecule has 1 amide bonds. The monoisotopic (exact) mass is 367 g/mol. The zero-order chi connectivity index (χ0) is 18.5. The lowest BCUT2D eigenvalue weighted by molar-refractivity contribution is -0.146. The molecule has 0 radical (unpaired) electrons. The number of carbonyl (C=O) groups is 2. The number of halogens is 1. The van der Waals surface area contributed by atoms with Crippen LogP contribution in [0.5, 0.6) is 0 Å². The predicted octanol–water partition coefficient (Wildman–Crippen LogP) is 4.35. The molecule has 0 unspecified atom stereocenters. The Bertz CT molecular complexity index is 932. The first-order valence-corrected chi connectivity index (χ1v) is 8.62. The van der Waals surface area contributed by atoms with E-state index in [4.69, 9.17) is 16.3 Å². The van der Waals surface area contributed by atoms with Gasteiger partial charge >= 0.3 is 5.97 Å². The lowest BCUT2D eigenvalue weighted by Gasteiger charge is -2.14. The van der Waals surface area contributed by atoms with Crippen molar-refractivity contribution in [2.45, 2.75) is 19.6 Å². The summed E-state index contributed by atoms with van der Waals surface area (Å²) in [6, 6.07) is 19.5. The largest absolute Gasteiger partial charge is 0.459 e. The van der Waals surface area contributed by atoms with Crippen LogP contribution in [0.3, 0.4) is 0 Å². The average Bonchev–Trinajstić information content (AvgIpc) is 2.66. The summed E-state index contributed by atoms with van der Waals surface area (Å²) in [4.78, 5) is 24.4. The van der Waals surface area contributed by atoms with E-state index in [0.29, 0.717) is 10.6 Å². The van der Waals surface area contributed by atoms with Crippen molar-refractivity contribution in [2.24, 2.45) is 0 Å². The van der Waals surface area contributed by atoms with Crippen LogP contribution in [-0.4, -0.2) is 17.9 Å². The first kappa shape index (κ1) is 18.0. The third-order valence-corrected chi connectivity index (χ3v) is 4.31. The van der Waals surface area contributed by atoms with Crippen LogP contribution in [0.1, 0.15) is 22.8 Å². The summed E-state index contributed by atoms with van der Waals surface area (Å²) < 4.78 is 5.38. The van der Waals surface area contributed by atoms with Crippen LogP contribution in [0.15, 0.2) is 66.7 Å². The van der Waals surface area contributed by atoms with Gasteiger partial charge < -0.3 is 10.1 Å². The number of hydrogen-bond acceptors (Lipinski definition) is 3. The normalized spacial score (nSPS) is 11.8. The molecule has 26 heavy (non-hydrogen) atoms. The van der Waals surface area contributed by atoms with Gasteiger partial charge in [-0.2, -0.15) is 0 Å². The Labute approximate surface area is 156 Å². The quantitative estimate of drug-likeness (QED) is 0.682. The van der Waals surface area contributed by atoms with Gasteiger partial charge in [-0.15, -0.1) is 0 Å². The van der Waals surface area contributed by atoms with E-state index in [1.54, 1.807) is 31.2 Å². The van der Waals surface area contributed by atoms with Crippen molar-refractivity contribution in [3.05, 3.63) is 82.9 Å². The Morgan fingerprint density at radius 1 is 1.00 bits per heavy atom. The van der Waals surface area contributed by atoms with Crippen molar-refractivity contribution in [3.8, 4) is 0 Å². The first-order valence-electron chi connectivity index (χ1n) is 8.24. The molecule has 0 aliphatic heterocycles. The first-order chi connectivity index (χ1) is 12.5. The molecule has 3 aromatic rings. The highest BCUT2D eigenvalue weighted by Gasteiger charge is 2.18. The number of benzene rings is 3. The molecule has 3 rings (SSSR count). The van der Waals surface area contributed by atoms with E-state index in [1.165, 1.54) is 0 Å². The second kappa shape index (κ2) is 8.02. The minimum Gasteiger partial charge on any atom is -0.459 e. The van der Waals surface area contributed by atoms with Crippen molar-refractivity contribution in [2.75, 3.05) is 0 Å². The highest BCUT2D eigenvalue weighted by molar-refractivity contribution is 6.30. The topological polar surface area (TPSA) is 55.4 Å². The molecule has 0 spiro atoms. The van der Waals surface area contributed by atoms with Gasteiger partial charge in [0.1, 0.15) is 12.6 Å². The summed E-state index contributed by atoms with van der Waals surface area (Å²) in [6.07, 6.45) is 0. The van der Waals surface area contributed by atoms with Crippen LogP contribution in [0, 0.1) is 0 Å². The predicted molar refractivity (Wildman–Crippen MR) is 102 cm³/mol. The average molecular weight is 368 g/mol. The summed E-state index contributed by atoms with van der Waals surface area (Å²) in [5.74, 6) is -0.837. The van der Waals surface area contributed by atoms with Crippen LogP contribution in [0.25, 0.3) is 10.8 Å². The van der Waals surface area contributed by atoms with Crippen LogP contribution in [0.2, 0.25) is 5.02 Å². The third kappa shape index (κ3) is 4.21. The third-order valence-electron chi connectivity index (χ3n) is 4.06. The van der Waals surface area contributed by atoms with Gasteiger partial charge in [-0.1, -0.05) is 54.1 Å². The fourth-order valence-corrected chi connectivity index (χ4v) is 2.76. The lowest BCUT2D eigenvalue weighted by atomic mass is 10.1. The van der Waals surface area contributed by atoms with E-state index >= 15 is 0 Å². The number of amides is 1. The van der Waals surface area contributed by atoms with Crippen LogP contribution in [0.4, 0.5) is 0 Å². The molecule has 0 aliphatic rings. The molecule has 0 aliphatic carbocycles. The van der Waals surface area contributed by atoms with E-state index in [1.807, 2.05) is 42.5 Å². The molecule has 5 heteroatoms. The maximum Gasteiger partial charge on any atom is 0.328 e. The van der Waals surface area contributed by atoms with Gasteiger partial charge in [0.05, 0.1) is 0 Å². The molecular weight excluding hydrogens is 350 g/mol. The minimum atomic E-state index is -0.756. The molecule has 1 N–H and O–H groups in total. The van der Waals surface area contributed by atoms with Crippen molar-refractivity contribution in [1.29, 1.82) is 0 Å². The molecule has 1 atom stereocenters. The standard InChI is InChI=1S/C21H18ClNO3/c1-14(23-20(24)16-9-11-18(22)12-10-16)21(25)26-13-17-7-4-6-15-5-2-3-8-19(15)17/h2-12,14H,13H2,1H3,(H,23,24)/t14-/m0/s1. The van der Waals surface area contributed by atoms with Crippen LogP contribution in [-0.2, 0) is 16.1 Å². The fourth-order valence-electron chi connectivity index (χ4n) is 2.63. The Morgan fingerprint density at radius 3 is 2.46 bits per heavy atom. The Balaban J connectivity index is 1.60. The molecule has 0 saturated heterocycles. The molecule has 3 aromatic carbocycles. The fraction of sp³-hybridized carbons (Fsp3) is 0.143. The van der Waals surface area contributed by atoms with E-state index in [0.717, 1.165) is 16.3 Å². The van der Waals surface area contributed by atoms with Crippen LogP contribution >= 0.6 is 11.6 Å². The second-order valence-corrected chi connectivity index (χ2v) is 6.38.